The molecule has 2 aliphatic rings. The van der Waals surface area contributed by atoms with E-state index in [0.29, 0.717) is 18.7 Å². The van der Waals surface area contributed by atoms with Crippen LogP contribution in [0.4, 0.5) is 5.69 Å². The number of thioether (sulfide) groups is 1. The predicted octanol–water partition coefficient (Wildman–Crippen LogP) is 1.15. The Labute approximate surface area is 150 Å². The number of hydrogen-bond donors (Lipinski definition) is 2. The number of anilines is 1. The maximum absolute atomic E-state index is 12.5. The number of amides is 2. The lowest BCUT2D eigenvalue weighted by molar-refractivity contribution is -0.116. The molecule has 0 spiro atoms. The summed E-state index contributed by atoms with van der Waals surface area (Å²) in [6.07, 6.45) is 0.403. The van der Waals surface area contributed by atoms with E-state index in [0.717, 1.165) is 5.75 Å². The van der Waals surface area contributed by atoms with Crippen molar-refractivity contribution < 1.29 is 22.7 Å². The number of hydrogen-bond acceptors (Lipinski definition) is 6. The van der Waals surface area contributed by atoms with Crippen molar-refractivity contribution in [3.8, 4) is 0 Å². The molecule has 25 heavy (non-hydrogen) atoms. The third-order valence-electron chi connectivity index (χ3n) is 3.86. The number of benzene rings is 1. The number of carbonyl (C=O) groups excluding carboxylic acids is 2. The molecule has 0 aromatic heterocycles. The first-order chi connectivity index (χ1) is 11.9. The summed E-state index contributed by atoms with van der Waals surface area (Å²) < 4.78 is 28.3. The van der Waals surface area contributed by atoms with Gasteiger partial charge in [0.1, 0.15) is 0 Å². The quantitative estimate of drug-likeness (QED) is 0.810. The topological polar surface area (TPSA) is 102 Å². The van der Waals surface area contributed by atoms with Crippen molar-refractivity contribution in [1.82, 2.24) is 5.32 Å². The molecular formula is C16H18N2O5S2. The summed E-state index contributed by atoms with van der Waals surface area (Å²) >= 11 is 1.49. The van der Waals surface area contributed by atoms with Gasteiger partial charge >= 0.3 is 0 Å². The average molecular weight is 382 g/mol. The Morgan fingerprint density at radius 1 is 1.20 bits per heavy atom. The first kappa shape index (κ1) is 17.8. The standard InChI is InChI=1S/C16H18N2O5S2/c19-15(17-11-5-8-25(21,22)10-11)12-3-1-2-4-13(12)18-16(20)14-9-24-7-6-23-14/h1-4,9,11H,5-8,10H2,(H,17,19)(H,18,20)/t11-/m0/s1. The van der Waals surface area contributed by atoms with Crippen molar-refractivity contribution in [2.75, 3.05) is 29.2 Å². The second-order valence-electron chi connectivity index (χ2n) is 5.77. The number of nitrogens with one attached hydrogen (secondary N) is 2. The van der Waals surface area contributed by atoms with Crippen molar-refractivity contribution in [3.05, 3.63) is 41.0 Å². The van der Waals surface area contributed by atoms with Gasteiger partial charge in [-0.15, -0.1) is 11.8 Å². The fourth-order valence-electron chi connectivity index (χ4n) is 2.63. The normalized spacial score (nSPS) is 21.8. The van der Waals surface area contributed by atoms with Crippen LogP contribution in [0.15, 0.2) is 35.4 Å². The molecule has 3 rings (SSSR count). The lowest BCUT2D eigenvalue weighted by Crippen LogP contribution is -2.36. The summed E-state index contributed by atoms with van der Waals surface area (Å²) in [4.78, 5) is 24.7. The van der Waals surface area contributed by atoms with Crippen LogP contribution in [0.1, 0.15) is 16.8 Å². The molecule has 1 atom stereocenters. The Morgan fingerprint density at radius 2 is 2.00 bits per heavy atom. The van der Waals surface area contributed by atoms with Crippen LogP contribution in [-0.4, -0.2) is 50.1 Å². The minimum atomic E-state index is -3.08. The van der Waals surface area contributed by atoms with Crippen molar-refractivity contribution >= 4 is 39.1 Å². The second kappa shape index (κ2) is 7.49. The van der Waals surface area contributed by atoms with Gasteiger partial charge in [-0.2, -0.15) is 0 Å². The Balaban J connectivity index is 1.71. The highest BCUT2D eigenvalue weighted by Crippen LogP contribution is 2.20. The lowest BCUT2D eigenvalue weighted by Gasteiger charge is -2.16. The van der Waals surface area contributed by atoms with E-state index in [-0.39, 0.29) is 22.8 Å². The van der Waals surface area contributed by atoms with Crippen LogP contribution in [0.5, 0.6) is 0 Å². The van der Waals surface area contributed by atoms with Crippen LogP contribution in [0.2, 0.25) is 0 Å². The van der Waals surface area contributed by atoms with Gasteiger partial charge in [-0.3, -0.25) is 9.59 Å². The summed E-state index contributed by atoms with van der Waals surface area (Å²) in [5, 5.41) is 7.05. The monoisotopic (exact) mass is 382 g/mol. The Bertz CT molecular complexity index is 820. The van der Waals surface area contributed by atoms with Gasteiger partial charge in [-0.25, -0.2) is 8.42 Å². The molecule has 0 aliphatic carbocycles. The number of rotatable bonds is 4. The molecule has 1 saturated heterocycles. The van der Waals surface area contributed by atoms with E-state index in [1.165, 1.54) is 11.8 Å². The van der Waals surface area contributed by atoms with E-state index in [1.807, 2.05) is 0 Å². The minimum absolute atomic E-state index is 0.0504. The molecular weight excluding hydrogens is 364 g/mol. The van der Waals surface area contributed by atoms with Gasteiger partial charge in [-0.05, 0) is 18.6 Å². The van der Waals surface area contributed by atoms with Gasteiger partial charge in [-0.1, -0.05) is 12.1 Å². The zero-order chi connectivity index (χ0) is 17.9. The van der Waals surface area contributed by atoms with Gasteiger partial charge in [0.15, 0.2) is 15.6 Å². The summed E-state index contributed by atoms with van der Waals surface area (Å²) in [6, 6.07) is 6.19. The van der Waals surface area contributed by atoms with E-state index >= 15 is 0 Å². The number of sulfone groups is 1. The summed E-state index contributed by atoms with van der Waals surface area (Å²) in [5.74, 6) is 0.209. The Kier molecular flexibility index (Phi) is 5.33. The van der Waals surface area contributed by atoms with Crippen LogP contribution in [-0.2, 0) is 19.4 Å². The Morgan fingerprint density at radius 3 is 2.68 bits per heavy atom. The molecule has 7 nitrogen and oxygen atoms in total. The third-order valence-corrected chi connectivity index (χ3v) is 6.41. The summed E-state index contributed by atoms with van der Waals surface area (Å²) in [7, 11) is -3.08. The zero-order valence-corrected chi connectivity index (χ0v) is 15.0. The van der Waals surface area contributed by atoms with Crippen LogP contribution in [0.3, 0.4) is 0 Å². The zero-order valence-electron chi connectivity index (χ0n) is 13.4. The van der Waals surface area contributed by atoms with Gasteiger partial charge in [0.2, 0.25) is 0 Å². The highest BCUT2D eigenvalue weighted by molar-refractivity contribution is 8.02. The Hall–Kier alpha value is -2.00. The maximum Gasteiger partial charge on any atom is 0.291 e. The lowest BCUT2D eigenvalue weighted by atomic mass is 10.1. The third kappa shape index (κ3) is 4.55. The minimum Gasteiger partial charge on any atom is -0.487 e. The van der Waals surface area contributed by atoms with Crippen molar-refractivity contribution in [2.45, 2.75) is 12.5 Å². The van der Waals surface area contributed by atoms with Crippen LogP contribution >= 0.6 is 11.8 Å². The molecule has 0 bridgehead atoms. The molecule has 1 fully saturated rings. The predicted molar refractivity (Wildman–Crippen MR) is 96.1 cm³/mol. The first-order valence-corrected chi connectivity index (χ1v) is 10.7. The highest BCUT2D eigenvalue weighted by atomic mass is 32.2. The molecule has 1 aromatic rings. The van der Waals surface area contributed by atoms with Crippen molar-refractivity contribution in [3.63, 3.8) is 0 Å². The molecule has 2 N–H and O–H groups in total. The smallest absolute Gasteiger partial charge is 0.291 e. The van der Waals surface area contributed by atoms with Crippen molar-refractivity contribution in [1.29, 1.82) is 0 Å². The van der Waals surface area contributed by atoms with Crippen molar-refractivity contribution in [2.24, 2.45) is 0 Å². The molecule has 9 heteroatoms. The second-order valence-corrected chi connectivity index (χ2v) is 8.98. The van der Waals surface area contributed by atoms with E-state index in [1.54, 1.807) is 29.7 Å². The molecule has 2 aliphatic heterocycles. The molecule has 0 saturated carbocycles. The van der Waals surface area contributed by atoms with Gasteiger partial charge in [0.25, 0.3) is 11.8 Å². The number of para-hydroxylation sites is 1. The molecule has 0 radical (unpaired) electrons. The fourth-order valence-corrected chi connectivity index (χ4v) is 4.93. The molecule has 134 valence electrons. The molecule has 2 amide bonds. The average Bonchev–Trinajstić information content (AvgIpc) is 2.94. The van der Waals surface area contributed by atoms with E-state index < -0.39 is 27.7 Å². The summed E-state index contributed by atoms with van der Waals surface area (Å²) in [6.45, 7) is 0.461. The molecule has 2 heterocycles. The SMILES string of the molecule is O=C(Nc1ccccc1C(=O)N[C@H]1CCS(=O)(=O)C1)C1=CSCCO1. The fraction of sp³-hybridized carbons (Fsp3) is 0.375. The van der Waals surface area contributed by atoms with Gasteiger partial charge < -0.3 is 15.4 Å². The van der Waals surface area contributed by atoms with E-state index in [9.17, 15) is 18.0 Å². The number of ether oxygens (including phenoxy) is 1. The van der Waals surface area contributed by atoms with E-state index in [2.05, 4.69) is 10.6 Å². The largest absolute Gasteiger partial charge is 0.487 e. The highest BCUT2D eigenvalue weighted by Gasteiger charge is 2.29. The summed E-state index contributed by atoms with van der Waals surface area (Å²) in [5.41, 5.74) is 0.634. The van der Waals surface area contributed by atoms with Gasteiger partial charge in [0, 0.05) is 17.2 Å². The molecule has 0 unspecified atom stereocenters. The molecule has 1 aromatic carbocycles. The van der Waals surface area contributed by atoms with Crippen LogP contribution in [0.25, 0.3) is 0 Å². The first-order valence-electron chi connectivity index (χ1n) is 7.81. The van der Waals surface area contributed by atoms with E-state index in [4.69, 9.17) is 4.74 Å². The van der Waals surface area contributed by atoms with Crippen LogP contribution in [0, 0.1) is 0 Å². The van der Waals surface area contributed by atoms with Crippen LogP contribution < -0.4 is 10.6 Å². The number of carbonyl (C=O) groups is 2. The maximum atomic E-state index is 12.5. The van der Waals surface area contributed by atoms with Gasteiger partial charge in [0.05, 0.1) is 29.4 Å².